The lowest BCUT2D eigenvalue weighted by Crippen LogP contribution is -2.41. The highest BCUT2D eigenvalue weighted by molar-refractivity contribution is 6.35. The molecule has 0 bridgehead atoms. The van der Waals surface area contributed by atoms with E-state index in [0.717, 1.165) is 11.1 Å². The van der Waals surface area contributed by atoms with E-state index in [1.165, 1.54) is 10.5 Å². The molecular weight excluding hydrogens is 316 g/mol. The highest BCUT2D eigenvalue weighted by Gasteiger charge is 2.41. The molecule has 2 aliphatic heterocycles. The van der Waals surface area contributed by atoms with E-state index in [4.69, 9.17) is 4.74 Å². The third-order valence-electron chi connectivity index (χ3n) is 4.81. The van der Waals surface area contributed by atoms with Gasteiger partial charge in [-0.05, 0) is 36.5 Å². The summed E-state index contributed by atoms with van der Waals surface area (Å²) in [5.41, 5.74) is 4.20. The van der Waals surface area contributed by atoms with Crippen molar-refractivity contribution in [2.24, 2.45) is 5.92 Å². The van der Waals surface area contributed by atoms with Gasteiger partial charge in [-0.1, -0.05) is 32.0 Å². The molecule has 5 nitrogen and oxygen atoms in total. The number of aryl methyl sites for hydroxylation is 2. The molecule has 25 heavy (non-hydrogen) atoms. The van der Waals surface area contributed by atoms with Crippen molar-refractivity contribution in [2.45, 2.75) is 27.7 Å². The molecule has 0 N–H and O–H groups in total. The Bertz CT molecular complexity index is 730. The Morgan fingerprint density at radius 1 is 1.04 bits per heavy atom. The molecule has 0 aliphatic carbocycles. The van der Waals surface area contributed by atoms with Crippen LogP contribution in [-0.2, 0) is 14.3 Å². The molecule has 0 atom stereocenters. The predicted molar refractivity (Wildman–Crippen MR) is 96.8 cm³/mol. The van der Waals surface area contributed by atoms with E-state index >= 15 is 0 Å². The molecule has 2 aliphatic rings. The second-order valence-electron chi connectivity index (χ2n) is 7.24. The molecule has 2 heterocycles. The number of morpholine rings is 1. The number of hydrogen-bond acceptors (Lipinski definition) is 4. The lowest BCUT2D eigenvalue weighted by Gasteiger charge is -2.29. The molecule has 0 saturated carbocycles. The van der Waals surface area contributed by atoms with Crippen molar-refractivity contribution in [3.8, 4) is 0 Å². The molecule has 1 fully saturated rings. The summed E-state index contributed by atoms with van der Waals surface area (Å²) in [7, 11) is 0. The van der Waals surface area contributed by atoms with Crippen molar-refractivity contribution < 1.29 is 14.3 Å². The molecule has 0 unspecified atom stereocenters. The Kier molecular flexibility index (Phi) is 4.95. The number of rotatable bonds is 4. The molecule has 5 heteroatoms. The normalized spacial score (nSPS) is 18.8. The number of amides is 2. The standard InChI is InChI=1S/C20H26N2O3/c1-13(2)12-22-19(23)17(16-6-5-14(3)15(4)11-16)18(20(22)24)21-7-9-25-10-8-21/h5-6,11,13H,7-10,12H2,1-4H3. The maximum Gasteiger partial charge on any atom is 0.277 e. The van der Waals surface area contributed by atoms with Gasteiger partial charge in [0.15, 0.2) is 0 Å². The first kappa shape index (κ1) is 17.7. The first-order valence-electron chi connectivity index (χ1n) is 8.91. The van der Waals surface area contributed by atoms with E-state index < -0.39 is 0 Å². The lowest BCUT2D eigenvalue weighted by atomic mass is 9.99. The summed E-state index contributed by atoms with van der Waals surface area (Å²) in [5.74, 6) is -0.116. The number of imide groups is 1. The van der Waals surface area contributed by atoms with Crippen LogP contribution in [0.5, 0.6) is 0 Å². The van der Waals surface area contributed by atoms with Crippen LogP contribution in [0, 0.1) is 19.8 Å². The van der Waals surface area contributed by atoms with Crippen LogP contribution in [0.3, 0.4) is 0 Å². The number of ether oxygens (including phenoxy) is 1. The van der Waals surface area contributed by atoms with Crippen molar-refractivity contribution in [3.63, 3.8) is 0 Å². The Hall–Kier alpha value is -2.14. The zero-order valence-electron chi connectivity index (χ0n) is 15.5. The Labute approximate surface area is 149 Å². The van der Waals surface area contributed by atoms with Crippen molar-refractivity contribution in [1.82, 2.24) is 9.80 Å². The van der Waals surface area contributed by atoms with Gasteiger partial charge in [0, 0.05) is 19.6 Å². The molecule has 0 aromatic heterocycles. The van der Waals surface area contributed by atoms with E-state index in [2.05, 4.69) is 0 Å². The quantitative estimate of drug-likeness (QED) is 0.788. The summed E-state index contributed by atoms with van der Waals surface area (Å²) in [4.78, 5) is 29.6. The van der Waals surface area contributed by atoms with Crippen LogP contribution in [0.15, 0.2) is 23.9 Å². The van der Waals surface area contributed by atoms with Crippen molar-refractivity contribution >= 4 is 17.4 Å². The second-order valence-corrected chi connectivity index (χ2v) is 7.24. The zero-order valence-corrected chi connectivity index (χ0v) is 15.5. The Morgan fingerprint density at radius 3 is 2.32 bits per heavy atom. The maximum absolute atomic E-state index is 13.1. The van der Waals surface area contributed by atoms with E-state index in [1.807, 2.05) is 50.8 Å². The monoisotopic (exact) mass is 342 g/mol. The molecular formula is C20H26N2O3. The van der Waals surface area contributed by atoms with Crippen LogP contribution in [0.4, 0.5) is 0 Å². The van der Waals surface area contributed by atoms with Gasteiger partial charge in [-0.3, -0.25) is 14.5 Å². The van der Waals surface area contributed by atoms with E-state index in [-0.39, 0.29) is 17.7 Å². The van der Waals surface area contributed by atoms with Gasteiger partial charge >= 0.3 is 0 Å². The molecule has 134 valence electrons. The summed E-state index contributed by atoms with van der Waals surface area (Å²) in [6.07, 6.45) is 0. The summed E-state index contributed by atoms with van der Waals surface area (Å²) >= 11 is 0. The summed E-state index contributed by atoms with van der Waals surface area (Å²) in [6, 6.07) is 5.97. The topological polar surface area (TPSA) is 49.9 Å². The molecule has 0 spiro atoms. The van der Waals surface area contributed by atoms with Gasteiger partial charge < -0.3 is 9.64 Å². The number of nitrogens with zero attached hydrogens (tertiary/aromatic N) is 2. The average molecular weight is 342 g/mol. The second kappa shape index (κ2) is 7.00. The van der Waals surface area contributed by atoms with Crippen LogP contribution in [-0.4, -0.2) is 54.5 Å². The number of carbonyl (C=O) groups excluding carboxylic acids is 2. The maximum atomic E-state index is 13.1. The number of hydrogen-bond donors (Lipinski definition) is 0. The third kappa shape index (κ3) is 3.33. The summed E-state index contributed by atoms with van der Waals surface area (Å²) < 4.78 is 5.41. The minimum absolute atomic E-state index is 0.172. The van der Waals surface area contributed by atoms with E-state index in [0.29, 0.717) is 44.1 Å². The van der Waals surface area contributed by atoms with Crippen LogP contribution < -0.4 is 0 Å². The summed E-state index contributed by atoms with van der Waals surface area (Å²) in [5, 5.41) is 0. The smallest absolute Gasteiger partial charge is 0.277 e. The van der Waals surface area contributed by atoms with Crippen molar-refractivity contribution in [3.05, 3.63) is 40.6 Å². The fraction of sp³-hybridized carbons (Fsp3) is 0.500. The van der Waals surface area contributed by atoms with Gasteiger partial charge in [-0.2, -0.15) is 0 Å². The molecule has 0 radical (unpaired) electrons. The van der Waals surface area contributed by atoms with Crippen LogP contribution in [0.2, 0.25) is 0 Å². The zero-order chi connectivity index (χ0) is 18.1. The number of benzene rings is 1. The average Bonchev–Trinajstić information content (AvgIpc) is 2.82. The highest BCUT2D eigenvalue weighted by atomic mass is 16.5. The molecule has 2 amide bonds. The van der Waals surface area contributed by atoms with Gasteiger partial charge in [0.05, 0.1) is 18.8 Å². The van der Waals surface area contributed by atoms with Crippen LogP contribution in [0.1, 0.15) is 30.5 Å². The third-order valence-corrected chi connectivity index (χ3v) is 4.81. The first-order valence-corrected chi connectivity index (χ1v) is 8.91. The van der Waals surface area contributed by atoms with Gasteiger partial charge in [0.2, 0.25) is 0 Å². The Morgan fingerprint density at radius 2 is 1.72 bits per heavy atom. The minimum Gasteiger partial charge on any atom is -0.378 e. The van der Waals surface area contributed by atoms with Crippen LogP contribution in [0.25, 0.3) is 5.57 Å². The van der Waals surface area contributed by atoms with Gasteiger partial charge in [0.1, 0.15) is 5.70 Å². The van der Waals surface area contributed by atoms with E-state index in [9.17, 15) is 9.59 Å². The molecule has 1 aromatic carbocycles. The van der Waals surface area contributed by atoms with Gasteiger partial charge in [-0.15, -0.1) is 0 Å². The minimum atomic E-state index is -0.177. The fourth-order valence-corrected chi connectivity index (χ4v) is 3.33. The lowest BCUT2D eigenvalue weighted by molar-refractivity contribution is -0.138. The van der Waals surface area contributed by atoms with Crippen LogP contribution >= 0.6 is 0 Å². The van der Waals surface area contributed by atoms with Crippen molar-refractivity contribution in [2.75, 3.05) is 32.8 Å². The Balaban J connectivity index is 2.08. The number of carbonyl (C=O) groups is 2. The molecule has 1 aromatic rings. The highest BCUT2D eigenvalue weighted by Crippen LogP contribution is 2.33. The van der Waals surface area contributed by atoms with Gasteiger partial charge in [0.25, 0.3) is 11.8 Å². The molecule has 3 rings (SSSR count). The molecule has 1 saturated heterocycles. The van der Waals surface area contributed by atoms with E-state index in [1.54, 1.807) is 0 Å². The first-order chi connectivity index (χ1) is 11.9. The summed E-state index contributed by atoms with van der Waals surface area (Å²) in [6.45, 7) is 11.0. The van der Waals surface area contributed by atoms with Crippen molar-refractivity contribution in [1.29, 1.82) is 0 Å². The SMILES string of the molecule is Cc1ccc(C2=C(N3CCOCC3)C(=O)N(CC(C)C)C2=O)cc1C. The fourth-order valence-electron chi connectivity index (χ4n) is 3.33. The van der Waals surface area contributed by atoms with Gasteiger partial charge in [-0.25, -0.2) is 0 Å². The predicted octanol–water partition coefficient (Wildman–Crippen LogP) is 2.37. The largest absolute Gasteiger partial charge is 0.378 e.